The molecule has 0 aromatic heterocycles. The zero-order valence-corrected chi connectivity index (χ0v) is 21.7. The number of nitrogens with zero attached hydrogens (tertiary/aromatic N) is 1. The smallest absolute Gasteiger partial charge is 0.407 e. The second-order valence-electron chi connectivity index (χ2n) is 9.78. The number of benzene rings is 2. The van der Waals surface area contributed by atoms with Gasteiger partial charge in [0.2, 0.25) is 0 Å². The quantitative estimate of drug-likeness (QED) is 0.311. The van der Waals surface area contributed by atoms with Gasteiger partial charge in [0.1, 0.15) is 5.75 Å². The average Bonchev–Trinajstić information content (AvgIpc) is 2.77. The highest BCUT2D eigenvalue weighted by Gasteiger charge is 2.43. The van der Waals surface area contributed by atoms with E-state index in [2.05, 4.69) is 39.8 Å². The van der Waals surface area contributed by atoms with Crippen molar-refractivity contribution in [3.05, 3.63) is 65.7 Å². The van der Waals surface area contributed by atoms with E-state index < -0.39 is 26.6 Å². The third kappa shape index (κ3) is 7.11. The van der Waals surface area contributed by atoms with Gasteiger partial charge in [-0.05, 0) is 47.8 Å². The molecule has 2 rings (SSSR count). The summed E-state index contributed by atoms with van der Waals surface area (Å²) in [6.45, 7) is 11.2. The summed E-state index contributed by atoms with van der Waals surface area (Å²) in [5.74, 6) is 3.42. The summed E-state index contributed by atoms with van der Waals surface area (Å²) in [4.78, 5) is 14.0. The first-order valence-corrected chi connectivity index (χ1v) is 14.2. The van der Waals surface area contributed by atoms with E-state index in [1.807, 2.05) is 54.6 Å². The average molecular weight is 468 g/mol. The molecule has 0 bridgehead atoms. The van der Waals surface area contributed by atoms with Gasteiger partial charge in [0.05, 0.1) is 19.3 Å². The van der Waals surface area contributed by atoms with Crippen molar-refractivity contribution in [2.24, 2.45) is 0 Å². The first-order chi connectivity index (χ1) is 15.5. The number of rotatable bonds is 10. The highest BCUT2D eigenvalue weighted by Crippen LogP contribution is 2.42. The van der Waals surface area contributed by atoms with Gasteiger partial charge in [0, 0.05) is 13.0 Å². The van der Waals surface area contributed by atoms with E-state index in [-0.39, 0.29) is 11.6 Å². The third-order valence-electron chi connectivity index (χ3n) is 6.45. The Bertz CT molecular complexity index is 929. The van der Waals surface area contributed by atoms with Crippen LogP contribution in [0.4, 0.5) is 4.79 Å². The molecular weight excluding hydrogens is 430 g/mol. The second-order valence-corrected chi connectivity index (χ2v) is 14.5. The van der Waals surface area contributed by atoms with E-state index in [0.29, 0.717) is 12.8 Å². The van der Waals surface area contributed by atoms with E-state index >= 15 is 0 Å². The zero-order valence-electron chi connectivity index (χ0n) is 20.7. The molecule has 6 heteroatoms. The highest BCUT2D eigenvalue weighted by atomic mass is 28.4. The zero-order chi connectivity index (χ0) is 24.6. The minimum absolute atomic E-state index is 0.0270. The summed E-state index contributed by atoms with van der Waals surface area (Å²) in [5.41, 5.74) is 1.84. The van der Waals surface area contributed by atoms with Crippen LogP contribution in [0.3, 0.4) is 0 Å². The van der Waals surface area contributed by atoms with Gasteiger partial charge in [-0.2, -0.15) is 0 Å². The molecule has 5 nitrogen and oxygen atoms in total. The lowest BCUT2D eigenvalue weighted by atomic mass is 9.96. The van der Waals surface area contributed by atoms with Crippen LogP contribution in [-0.2, 0) is 11.0 Å². The lowest BCUT2D eigenvalue weighted by Gasteiger charge is -2.44. The topological polar surface area (TPSA) is 59.0 Å². The van der Waals surface area contributed by atoms with E-state index in [9.17, 15) is 9.90 Å². The Morgan fingerprint density at radius 2 is 1.73 bits per heavy atom. The maximum atomic E-state index is 12.5. The van der Waals surface area contributed by atoms with Crippen LogP contribution in [0.2, 0.25) is 18.1 Å². The Labute approximate surface area is 199 Å². The fourth-order valence-electron chi connectivity index (χ4n) is 3.46. The molecule has 0 fully saturated rings. The van der Waals surface area contributed by atoms with Gasteiger partial charge >= 0.3 is 6.09 Å². The van der Waals surface area contributed by atoms with Gasteiger partial charge in [-0.25, -0.2) is 4.79 Å². The summed E-state index contributed by atoms with van der Waals surface area (Å²) < 4.78 is 12.1. The normalized spacial score (nSPS) is 13.6. The monoisotopic (exact) mass is 467 g/mol. The molecule has 2 aromatic rings. The standard InChI is InChI=1S/C27H37NO4Si/c1-8-9-15-24(28(26(29)30)20-21-16-18-23(31-5)19-17-21)25(22-13-11-10-12-14-22)32-33(6,7)27(2,3)4/h1,10-14,16-19,24-25H,9,15,20H2,2-7H3,(H,29,30)/t24-,25?/m1/s1. The molecule has 2 aromatic carbocycles. The fourth-order valence-corrected chi connectivity index (χ4v) is 4.74. The minimum Gasteiger partial charge on any atom is -0.497 e. The van der Waals surface area contributed by atoms with E-state index in [1.165, 1.54) is 4.90 Å². The van der Waals surface area contributed by atoms with Crippen LogP contribution in [0.15, 0.2) is 54.6 Å². The Morgan fingerprint density at radius 3 is 2.21 bits per heavy atom. The molecule has 0 aliphatic heterocycles. The third-order valence-corrected chi connectivity index (χ3v) is 10.9. The molecule has 1 N–H and O–H groups in total. The number of carbonyl (C=O) groups is 1. The van der Waals surface area contributed by atoms with Crippen LogP contribution < -0.4 is 4.74 Å². The van der Waals surface area contributed by atoms with Crippen molar-refractivity contribution in [1.82, 2.24) is 4.90 Å². The van der Waals surface area contributed by atoms with Gasteiger partial charge in [0.25, 0.3) is 0 Å². The molecule has 0 heterocycles. The number of hydrogen-bond donors (Lipinski definition) is 1. The number of hydrogen-bond acceptors (Lipinski definition) is 3. The molecule has 1 unspecified atom stereocenters. The molecule has 0 radical (unpaired) electrons. The highest BCUT2D eigenvalue weighted by molar-refractivity contribution is 6.74. The van der Waals surface area contributed by atoms with Crippen LogP contribution in [-0.4, -0.2) is 37.6 Å². The Kier molecular flexibility index (Phi) is 9.15. The van der Waals surface area contributed by atoms with Gasteiger partial charge in [-0.3, -0.25) is 4.90 Å². The number of terminal acetylenes is 1. The molecule has 0 spiro atoms. The van der Waals surface area contributed by atoms with Gasteiger partial charge < -0.3 is 14.3 Å². The lowest BCUT2D eigenvalue weighted by Crippen LogP contribution is -2.49. The van der Waals surface area contributed by atoms with Crippen LogP contribution in [0.5, 0.6) is 5.75 Å². The first kappa shape index (κ1) is 26.5. The summed E-state index contributed by atoms with van der Waals surface area (Å²) in [7, 11) is -0.617. The number of methoxy groups -OCH3 is 1. The van der Waals surface area contributed by atoms with Crippen molar-refractivity contribution in [2.75, 3.05) is 7.11 Å². The molecule has 0 saturated heterocycles. The van der Waals surface area contributed by atoms with Crippen molar-refractivity contribution in [1.29, 1.82) is 0 Å². The number of ether oxygens (including phenoxy) is 1. The predicted octanol–water partition coefficient (Wildman–Crippen LogP) is 6.72. The van der Waals surface area contributed by atoms with Gasteiger partial charge in [0.15, 0.2) is 8.32 Å². The Hall–Kier alpha value is -2.75. The predicted molar refractivity (Wildman–Crippen MR) is 136 cm³/mol. The molecule has 1 amide bonds. The molecule has 33 heavy (non-hydrogen) atoms. The molecule has 0 saturated carbocycles. The summed E-state index contributed by atoms with van der Waals surface area (Å²) in [6, 6.07) is 16.9. The fraction of sp³-hybridized carbons (Fsp3) is 0.444. The van der Waals surface area contributed by atoms with Crippen LogP contribution in [0.1, 0.15) is 50.8 Å². The van der Waals surface area contributed by atoms with Crippen molar-refractivity contribution in [2.45, 2.75) is 70.4 Å². The van der Waals surface area contributed by atoms with Crippen molar-refractivity contribution in [3.63, 3.8) is 0 Å². The lowest BCUT2D eigenvalue weighted by molar-refractivity contribution is 0.0462. The van der Waals surface area contributed by atoms with E-state index in [1.54, 1.807) is 7.11 Å². The number of carboxylic acid groups (broad SMARTS) is 1. The molecular formula is C27H37NO4Si. The summed E-state index contributed by atoms with van der Waals surface area (Å²) in [6.07, 6.45) is 5.16. The van der Waals surface area contributed by atoms with Crippen LogP contribution in [0, 0.1) is 12.3 Å². The van der Waals surface area contributed by atoms with Crippen molar-refractivity contribution in [3.8, 4) is 18.1 Å². The molecule has 0 aliphatic carbocycles. The van der Waals surface area contributed by atoms with Gasteiger partial charge in [-0.15, -0.1) is 12.3 Å². The molecule has 178 valence electrons. The van der Waals surface area contributed by atoms with Gasteiger partial charge in [-0.1, -0.05) is 63.2 Å². The largest absolute Gasteiger partial charge is 0.497 e. The SMILES string of the molecule is C#CCC[C@H](C(O[Si](C)(C)C(C)(C)C)c1ccccc1)N(Cc1ccc(OC)cc1)C(=O)O. The van der Waals surface area contributed by atoms with E-state index in [0.717, 1.165) is 16.9 Å². The van der Waals surface area contributed by atoms with Crippen molar-refractivity contribution < 1.29 is 19.1 Å². The van der Waals surface area contributed by atoms with Crippen molar-refractivity contribution >= 4 is 14.4 Å². The maximum Gasteiger partial charge on any atom is 0.407 e. The maximum absolute atomic E-state index is 12.5. The van der Waals surface area contributed by atoms with E-state index in [4.69, 9.17) is 15.6 Å². The molecule has 0 aliphatic rings. The summed E-state index contributed by atoms with van der Waals surface area (Å²) in [5, 5.41) is 10.2. The Balaban J connectivity index is 2.52. The second kappa shape index (κ2) is 11.4. The summed E-state index contributed by atoms with van der Waals surface area (Å²) >= 11 is 0. The minimum atomic E-state index is -2.23. The Morgan fingerprint density at radius 1 is 1.12 bits per heavy atom. The first-order valence-electron chi connectivity index (χ1n) is 11.3. The number of amides is 1. The molecule has 2 atom stereocenters. The van der Waals surface area contributed by atoms with Crippen LogP contribution in [0.25, 0.3) is 0 Å². The van der Waals surface area contributed by atoms with Crippen LogP contribution >= 0.6 is 0 Å².